The molecular weight excluding hydrogens is 1170 g/mol. The summed E-state index contributed by atoms with van der Waals surface area (Å²) < 4.78 is 60.8. The Morgan fingerprint density at radius 3 is 0.955 bits per heavy atom. The minimum atomic E-state index is -4.94. The van der Waals surface area contributed by atoms with Gasteiger partial charge in [-0.15, -0.1) is 0 Å². The zero-order valence-electron chi connectivity index (χ0n) is 54.5. The van der Waals surface area contributed by atoms with Gasteiger partial charge in [0.05, 0.1) is 26.4 Å². The molecule has 4 N–H and O–H groups in total. The van der Waals surface area contributed by atoms with Crippen molar-refractivity contribution in [2.75, 3.05) is 39.6 Å². The summed E-state index contributed by atoms with van der Waals surface area (Å²) in [7, 11) is -9.81. The number of aliphatic hydroxyl groups excluding tert-OH is 2. The molecule has 16 nitrogen and oxygen atoms in total. The highest BCUT2D eigenvalue weighted by molar-refractivity contribution is 7.47. The fourth-order valence-electron chi connectivity index (χ4n) is 8.09. The summed E-state index contributed by atoms with van der Waals surface area (Å²) in [4.78, 5) is 58.3. The zero-order valence-corrected chi connectivity index (χ0v) is 56.3. The van der Waals surface area contributed by atoms with Crippen molar-refractivity contribution in [1.29, 1.82) is 0 Å². The predicted octanol–water partition coefficient (Wildman–Crippen LogP) is 18.2. The first kappa shape index (κ1) is 84.4. The number of esters is 3. The Hall–Kier alpha value is -4.57. The molecule has 5 atom stereocenters. The molecular formula is C71H116O16P2. The summed E-state index contributed by atoms with van der Waals surface area (Å²) in [6, 6.07) is 0. The Kier molecular flexibility index (Phi) is 60.3. The molecule has 0 saturated heterocycles. The second kappa shape index (κ2) is 63.6. The average molecular weight is 1290 g/mol. The van der Waals surface area contributed by atoms with Crippen molar-refractivity contribution in [3.63, 3.8) is 0 Å². The van der Waals surface area contributed by atoms with Gasteiger partial charge >= 0.3 is 33.6 Å². The number of phosphoric ester groups is 2. The molecule has 18 heteroatoms. The lowest BCUT2D eigenvalue weighted by molar-refractivity contribution is -0.161. The number of hydrogen-bond acceptors (Lipinski definition) is 14. The molecule has 0 aliphatic carbocycles. The second-order valence-electron chi connectivity index (χ2n) is 21.5. The molecule has 0 aromatic carbocycles. The Balaban J connectivity index is 4.79. The first-order chi connectivity index (χ1) is 43.2. The molecule has 0 radical (unpaired) electrons. The highest BCUT2D eigenvalue weighted by Gasteiger charge is 2.29. The van der Waals surface area contributed by atoms with Crippen molar-refractivity contribution in [3.05, 3.63) is 146 Å². The number of aliphatic hydroxyl groups is 2. The largest absolute Gasteiger partial charge is 0.472 e. The van der Waals surface area contributed by atoms with Crippen LogP contribution in [0.5, 0.6) is 0 Å². The Bertz CT molecular complexity index is 2210. The first-order valence-electron chi connectivity index (χ1n) is 33.1. The van der Waals surface area contributed by atoms with Gasteiger partial charge in [0, 0.05) is 19.3 Å². The van der Waals surface area contributed by atoms with Gasteiger partial charge in [0.15, 0.2) is 6.10 Å². The van der Waals surface area contributed by atoms with Crippen LogP contribution in [0.15, 0.2) is 146 Å². The van der Waals surface area contributed by atoms with Gasteiger partial charge in [-0.1, -0.05) is 231 Å². The smallest absolute Gasteiger partial charge is 0.463 e. The van der Waals surface area contributed by atoms with Gasteiger partial charge in [-0.2, -0.15) is 0 Å². The molecule has 5 unspecified atom stereocenters. The van der Waals surface area contributed by atoms with Gasteiger partial charge in [-0.3, -0.25) is 32.5 Å². The summed E-state index contributed by atoms with van der Waals surface area (Å²) in [6.45, 7) is 2.19. The van der Waals surface area contributed by atoms with E-state index in [2.05, 4.69) is 148 Å². The van der Waals surface area contributed by atoms with Crippen LogP contribution in [0, 0.1) is 0 Å². The standard InChI is InChI=1S/C71H116O16P2/c1-4-7-10-13-16-19-22-25-28-31-32-35-37-39-42-45-48-51-54-57-69(74)81-60-66(72)61-83-88(77,78)84-62-67(73)63-85-89(79,80)86-65-68(87-71(76)59-56-53-50-47-44-41-38-34-30-27-24-21-18-15-12-9-6-3)64-82-70(75)58-55-52-49-46-43-40-36-33-29-26-23-20-17-14-11-8-5-2/h7-12,16-21,25-30,32,35,39,42,48,51,66-68,72-73H,4-6,13-15,22-24,31,33-34,36-38,40-41,43-47,49-50,52-65H2,1-3H3,(H,77,78)(H,79,80)/b10-7-,11-8-,12-9-,19-16-,20-17-,21-18-,28-25-,29-26-,30-27-,35-32-,42-39-,51-48-. The Morgan fingerprint density at radius 2 is 0.584 bits per heavy atom. The zero-order chi connectivity index (χ0) is 65.3. The van der Waals surface area contributed by atoms with Crippen molar-refractivity contribution in [2.45, 2.75) is 245 Å². The van der Waals surface area contributed by atoms with Crippen molar-refractivity contribution < 1.29 is 75.8 Å². The summed E-state index contributed by atoms with van der Waals surface area (Å²) in [5.41, 5.74) is 0. The summed E-state index contributed by atoms with van der Waals surface area (Å²) in [6.07, 6.45) is 74.8. The molecule has 506 valence electrons. The van der Waals surface area contributed by atoms with Gasteiger partial charge in [0.1, 0.15) is 25.4 Å². The van der Waals surface area contributed by atoms with E-state index in [9.17, 15) is 43.5 Å². The van der Waals surface area contributed by atoms with Crippen molar-refractivity contribution in [3.8, 4) is 0 Å². The maximum atomic E-state index is 12.9. The molecule has 0 amide bonds. The van der Waals surface area contributed by atoms with Gasteiger partial charge in [0.25, 0.3) is 0 Å². The molecule has 0 aromatic rings. The number of phosphoric acid groups is 2. The fourth-order valence-corrected chi connectivity index (χ4v) is 9.68. The number of ether oxygens (including phenoxy) is 3. The molecule has 0 bridgehead atoms. The highest BCUT2D eigenvalue weighted by Crippen LogP contribution is 2.45. The number of allylic oxidation sites excluding steroid dienone is 24. The van der Waals surface area contributed by atoms with E-state index in [1.54, 1.807) is 0 Å². The summed E-state index contributed by atoms with van der Waals surface area (Å²) in [5, 5.41) is 20.5. The molecule has 0 heterocycles. The van der Waals surface area contributed by atoms with Crippen LogP contribution in [-0.4, -0.2) is 95.9 Å². The predicted molar refractivity (Wildman–Crippen MR) is 362 cm³/mol. The van der Waals surface area contributed by atoms with E-state index >= 15 is 0 Å². The lowest BCUT2D eigenvalue weighted by atomic mass is 10.1. The van der Waals surface area contributed by atoms with E-state index in [0.717, 1.165) is 161 Å². The molecule has 0 rings (SSSR count). The Morgan fingerprint density at radius 1 is 0.315 bits per heavy atom. The van der Waals surface area contributed by atoms with Crippen molar-refractivity contribution >= 4 is 33.6 Å². The molecule has 0 aromatic heterocycles. The third-order valence-corrected chi connectivity index (χ3v) is 15.0. The van der Waals surface area contributed by atoms with Crippen LogP contribution in [0.1, 0.15) is 226 Å². The van der Waals surface area contributed by atoms with Crippen LogP contribution in [0.2, 0.25) is 0 Å². The number of hydrogen-bond donors (Lipinski definition) is 4. The van der Waals surface area contributed by atoms with E-state index in [4.69, 9.17) is 32.3 Å². The monoisotopic (exact) mass is 1290 g/mol. The van der Waals surface area contributed by atoms with E-state index in [0.29, 0.717) is 25.7 Å². The van der Waals surface area contributed by atoms with Crippen LogP contribution < -0.4 is 0 Å². The third kappa shape index (κ3) is 64.8. The van der Waals surface area contributed by atoms with Gasteiger partial charge in [-0.05, 0) is 122 Å². The van der Waals surface area contributed by atoms with E-state index in [1.807, 2.05) is 18.2 Å². The normalized spacial score (nSPS) is 15.2. The molecule has 0 saturated carbocycles. The lowest BCUT2D eigenvalue weighted by Gasteiger charge is -2.21. The van der Waals surface area contributed by atoms with E-state index in [1.165, 1.54) is 0 Å². The molecule has 0 fully saturated rings. The first-order valence-corrected chi connectivity index (χ1v) is 36.1. The highest BCUT2D eigenvalue weighted by atomic mass is 31.2. The molecule has 0 spiro atoms. The minimum absolute atomic E-state index is 0.0558. The number of carbonyl (C=O) groups is 3. The van der Waals surface area contributed by atoms with E-state index < -0.39 is 91.5 Å². The lowest BCUT2D eigenvalue weighted by Crippen LogP contribution is -2.30. The Labute approximate surface area is 537 Å². The quantitative estimate of drug-likeness (QED) is 0.0146. The van der Waals surface area contributed by atoms with Crippen molar-refractivity contribution in [1.82, 2.24) is 0 Å². The van der Waals surface area contributed by atoms with Crippen LogP contribution in [0.25, 0.3) is 0 Å². The van der Waals surface area contributed by atoms with E-state index in [-0.39, 0.29) is 19.3 Å². The van der Waals surface area contributed by atoms with Gasteiger partial charge in [0.2, 0.25) is 0 Å². The summed E-state index contributed by atoms with van der Waals surface area (Å²) >= 11 is 0. The average Bonchev–Trinajstić information content (AvgIpc) is 3.54. The third-order valence-electron chi connectivity index (χ3n) is 13.1. The van der Waals surface area contributed by atoms with Crippen molar-refractivity contribution in [2.24, 2.45) is 0 Å². The van der Waals surface area contributed by atoms with Crippen LogP contribution >= 0.6 is 15.6 Å². The molecule has 89 heavy (non-hydrogen) atoms. The molecule has 0 aliphatic rings. The minimum Gasteiger partial charge on any atom is -0.463 e. The molecule has 0 aliphatic heterocycles. The van der Waals surface area contributed by atoms with Gasteiger partial charge in [-0.25, -0.2) is 9.13 Å². The number of carbonyl (C=O) groups excluding carboxylic acids is 3. The maximum Gasteiger partial charge on any atom is 0.472 e. The van der Waals surface area contributed by atoms with Gasteiger partial charge < -0.3 is 34.2 Å². The maximum absolute atomic E-state index is 12.9. The SMILES string of the molecule is CC/C=C\C/C=C\C/C=C\C/C=C\C/C=C\C/C=C\CCC(=O)OCC(O)COP(=O)(O)OCC(O)COP(=O)(O)OCC(COC(=O)CCCCCCCCC/C=C\C/C=C\C/C=C\CC)OC(=O)CCCCCCCCC/C=C\C/C=C\C/C=C\CC. The van der Waals surface area contributed by atoms with Crippen LogP contribution in [0.3, 0.4) is 0 Å². The number of unbranched alkanes of at least 4 members (excludes halogenated alkanes) is 14. The summed E-state index contributed by atoms with van der Waals surface area (Å²) in [5.74, 6) is -1.69. The van der Waals surface area contributed by atoms with Crippen LogP contribution in [-0.2, 0) is 55.8 Å². The second-order valence-corrected chi connectivity index (χ2v) is 24.4. The van der Waals surface area contributed by atoms with Crippen LogP contribution in [0.4, 0.5) is 0 Å². The fraction of sp³-hybridized carbons (Fsp3) is 0.620. The topological polar surface area (TPSA) is 231 Å². The number of rotatable bonds is 61.